The summed E-state index contributed by atoms with van der Waals surface area (Å²) in [6, 6.07) is 8.69. The highest BCUT2D eigenvalue weighted by Gasteiger charge is 2.18. The minimum absolute atomic E-state index is 0.176. The molecule has 0 spiro atoms. The van der Waals surface area contributed by atoms with Crippen molar-refractivity contribution in [2.75, 3.05) is 19.0 Å². The molecule has 0 radical (unpaired) electrons. The monoisotopic (exact) mass is 430 g/mol. The van der Waals surface area contributed by atoms with Gasteiger partial charge in [0.1, 0.15) is 16.9 Å². The van der Waals surface area contributed by atoms with Gasteiger partial charge in [-0.25, -0.2) is 9.67 Å². The number of methoxy groups -OCH3 is 1. The Morgan fingerprint density at radius 2 is 2.07 bits per heavy atom. The van der Waals surface area contributed by atoms with Crippen LogP contribution in [0, 0.1) is 0 Å². The van der Waals surface area contributed by atoms with E-state index in [9.17, 15) is 9.90 Å². The molecule has 1 aromatic carbocycles. The third-order valence-corrected chi connectivity index (χ3v) is 4.55. The summed E-state index contributed by atoms with van der Waals surface area (Å²) in [5, 5.41) is 20.1. The molecule has 0 saturated carbocycles. The van der Waals surface area contributed by atoms with Gasteiger partial charge in [0.15, 0.2) is 5.82 Å². The molecule has 0 fully saturated rings. The maximum atomic E-state index is 12.6. The summed E-state index contributed by atoms with van der Waals surface area (Å²) in [6.45, 7) is 3.69. The Balaban J connectivity index is 1.77. The Morgan fingerprint density at radius 1 is 1.30 bits per heavy atom. The lowest BCUT2D eigenvalue weighted by atomic mass is 10.1. The minimum atomic E-state index is -0.833. The van der Waals surface area contributed by atoms with Crippen molar-refractivity contribution in [2.45, 2.75) is 25.9 Å². The third-order valence-electron chi connectivity index (χ3n) is 4.29. The van der Waals surface area contributed by atoms with Crippen molar-refractivity contribution in [1.82, 2.24) is 25.1 Å². The number of anilines is 1. The van der Waals surface area contributed by atoms with Crippen LogP contribution in [0.3, 0.4) is 0 Å². The topological polar surface area (TPSA) is 114 Å². The Labute approximate surface area is 179 Å². The lowest BCUT2D eigenvalue weighted by Crippen LogP contribution is -2.43. The van der Waals surface area contributed by atoms with Crippen molar-refractivity contribution in [3.8, 4) is 11.6 Å². The number of nitrogens with zero attached hydrogens (tertiary/aromatic N) is 4. The SMILES string of the molecule is COc1ccccc1C(=O)NC(CO)Nc1ncc(Cl)c(-n2ccc(C(C)C)n2)n1. The maximum absolute atomic E-state index is 12.6. The van der Waals surface area contributed by atoms with Crippen LogP contribution in [0.4, 0.5) is 5.95 Å². The lowest BCUT2D eigenvalue weighted by Gasteiger charge is -2.19. The summed E-state index contributed by atoms with van der Waals surface area (Å²) in [6.07, 6.45) is 2.36. The smallest absolute Gasteiger partial charge is 0.256 e. The Kier molecular flexibility index (Phi) is 6.86. The van der Waals surface area contributed by atoms with Crippen LogP contribution in [0.25, 0.3) is 5.82 Å². The number of hydrogen-bond acceptors (Lipinski definition) is 7. The first-order valence-electron chi connectivity index (χ1n) is 9.32. The normalized spacial score (nSPS) is 11.9. The zero-order valence-corrected chi connectivity index (χ0v) is 17.6. The zero-order chi connectivity index (χ0) is 21.7. The summed E-state index contributed by atoms with van der Waals surface area (Å²) in [4.78, 5) is 21.1. The van der Waals surface area contributed by atoms with E-state index in [-0.39, 0.29) is 18.5 Å². The van der Waals surface area contributed by atoms with E-state index in [1.165, 1.54) is 13.3 Å². The summed E-state index contributed by atoms with van der Waals surface area (Å²) in [5.74, 6) is 0.829. The molecule has 3 aromatic rings. The Hall–Kier alpha value is -3.17. The van der Waals surface area contributed by atoms with Crippen molar-refractivity contribution in [2.24, 2.45) is 0 Å². The predicted octanol–water partition coefficient (Wildman–Crippen LogP) is 2.61. The Morgan fingerprint density at radius 3 is 2.73 bits per heavy atom. The van der Waals surface area contributed by atoms with Crippen LogP contribution in [0.1, 0.15) is 35.8 Å². The molecule has 1 unspecified atom stereocenters. The van der Waals surface area contributed by atoms with E-state index in [1.807, 2.05) is 19.9 Å². The maximum Gasteiger partial charge on any atom is 0.256 e. The average molecular weight is 431 g/mol. The molecule has 2 aromatic heterocycles. The van der Waals surface area contributed by atoms with Gasteiger partial charge >= 0.3 is 0 Å². The van der Waals surface area contributed by atoms with E-state index < -0.39 is 12.1 Å². The molecule has 0 aliphatic carbocycles. The first-order valence-corrected chi connectivity index (χ1v) is 9.70. The first-order chi connectivity index (χ1) is 14.4. The van der Waals surface area contributed by atoms with Crippen LogP contribution in [0.15, 0.2) is 42.7 Å². The van der Waals surface area contributed by atoms with Gasteiger partial charge < -0.3 is 20.5 Å². The number of hydrogen-bond donors (Lipinski definition) is 3. The number of halogens is 1. The van der Waals surface area contributed by atoms with Gasteiger partial charge in [0.25, 0.3) is 5.91 Å². The van der Waals surface area contributed by atoms with Crippen molar-refractivity contribution >= 4 is 23.5 Å². The molecular weight excluding hydrogens is 408 g/mol. The highest BCUT2D eigenvalue weighted by atomic mass is 35.5. The quantitative estimate of drug-likeness (QED) is 0.470. The molecule has 1 amide bonds. The number of aromatic nitrogens is 4. The number of ether oxygens (including phenoxy) is 1. The largest absolute Gasteiger partial charge is 0.496 e. The third kappa shape index (κ3) is 4.87. The molecule has 0 saturated heterocycles. The van der Waals surface area contributed by atoms with E-state index in [4.69, 9.17) is 16.3 Å². The summed E-state index contributed by atoms with van der Waals surface area (Å²) in [5.41, 5.74) is 1.24. The van der Waals surface area contributed by atoms with Crippen LogP contribution < -0.4 is 15.4 Å². The predicted molar refractivity (Wildman–Crippen MR) is 113 cm³/mol. The van der Waals surface area contributed by atoms with Gasteiger partial charge in [0.05, 0.1) is 31.2 Å². The van der Waals surface area contributed by atoms with Crippen LogP contribution in [-0.4, -0.2) is 50.6 Å². The van der Waals surface area contributed by atoms with Crippen molar-refractivity contribution in [3.05, 3.63) is 59.0 Å². The van der Waals surface area contributed by atoms with Crippen molar-refractivity contribution in [1.29, 1.82) is 0 Å². The molecule has 30 heavy (non-hydrogen) atoms. The summed E-state index contributed by atoms with van der Waals surface area (Å²) < 4.78 is 6.77. The van der Waals surface area contributed by atoms with Gasteiger partial charge in [0.2, 0.25) is 5.95 Å². The van der Waals surface area contributed by atoms with Crippen LogP contribution >= 0.6 is 11.6 Å². The molecular formula is C20H23ClN6O3. The van der Waals surface area contributed by atoms with Crippen LogP contribution in [0.2, 0.25) is 5.02 Å². The van der Waals surface area contributed by atoms with Gasteiger partial charge in [-0.2, -0.15) is 10.1 Å². The first kappa shape index (κ1) is 21.5. The number of nitrogens with one attached hydrogen (secondary N) is 2. The van der Waals surface area contributed by atoms with E-state index in [0.717, 1.165) is 5.69 Å². The van der Waals surface area contributed by atoms with Crippen molar-refractivity contribution < 1.29 is 14.6 Å². The minimum Gasteiger partial charge on any atom is -0.496 e. The summed E-state index contributed by atoms with van der Waals surface area (Å²) in [7, 11) is 1.48. The number of benzene rings is 1. The number of rotatable bonds is 8. The molecule has 9 nitrogen and oxygen atoms in total. The molecule has 1 atom stereocenters. The summed E-state index contributed by atoms with van der Waals surface area (Å²) >= 11 is 6.24. The molecule has 0 aliphatic rings. The molecule has 2 heterocycles. The Bertz CT molecular complexity index is 1020. The molecule has 10 heteroatoms. The zero-order valence-electron chi connectivity index (χ0n) is 16.8. The fourth-order valence-corrected chi connectivity index (χ4v) is 2.88. The number of aliphatic hydroxyl groups excluding tert-OH is 1. The lowest BCUT2D eigenvalue weighted by molar-refractivity contribution is 0.0921. The standard InChI is InChI=1S/C20H23ClN6O3/c1-12(2)15-8-9-27(26-15)18-14(21)10-22-20(25-18)24-17(11-28)23-19(29)13-6-4-5-7-16(13)30-3/h4-10,12,17,28H,11H2,1-3H3,(H,23,29)(H,22,24,25). The number of carbonyl (C=O) groups is 1. The average Bonchev–Trinajstić information content (AvgIpc) is 3.24. The van der Waals surface area contributed by atoms with Gasteiger partial charge in [-0.3, -0.25) is 4.79 Å². The number of para-hydroxylation sites is 1. The second kappa shape index (κ2) is 9.55. The van der Waals surface area contributed by atoms with Crippen LogP contribution in [-0.2, 0) is 0 Å². The highest BCUT2D eigenvalue weighted by Crippen LogP contribution is 2.21. The fraction of sp³-hybridized carbons (Fsp3) is 0.300. The highest BCUT2D eigenvalue weighted by molar-refractivity contribution is 6.32. The fourth-order valence-electron chi connectivity index (χ4n) is 2.70. The molecule has 3 N–H and O–H groups in total. The second-order valence-electron chi connectivity index (χ2n) is 6.76. The van der Waals surface area contributed by atoms with Crippen molar-refractivity contribution in [3.63, 3.8) is 0 Å². The van der Waals surface area contributed by atoms with E-state index >= 15 is 0 Å². The second-order valence-corrected chi connectivity index (χ2v) is 7.17. The molecule has 158 valence electrons. The number of carbonyl (C=O) groups excluding carboxylic acids is 1. The number of amides is 1. The van der Waals surface area contributed by atoms with Crippen LogP contribution in [0.5, 0.6) is 5.75 Å². The van der Waals surface area contributed by atoms with E-state index in [0.29, 0.717) is 22.2 Å². The van der Waals surface area contributed by atoms with Gasteiger partial charge in [-0.05, 0) is 24.1 Å². The molecule has 0 bridgehead atoms. The van der Waals surface area contributed by atoms with E-state index in [1.54, 1.807) is 35.1 Å². The molecule has 0 aliphatic heterocycles. The van der Waals surface area contributed by atoms with Gasteiger partial charge in [0, 0.05) is 6.20 Å². The molecule has 3 rings (SSSR count). The van der Waals surface area contributed by atoms with Gasteiger partial charge in [-0.15, -0.1) is 0 Å². The van der Waals surface area contributed by atoms with Gasteiger partial charge in [-0.1, -0.05) is 37.6 Å². The number of aliphatic hydroxyl groups is 1. The van der Waals surface area contributed by atoms with E-state index in [2.05, 4.69) is 25.7 Å².